The highest BCUT2D eigenvalue weighted by Crippen LogP contribution is 2.61. The van der Waals surface area contributed by atoms with Crippen LogP contribution in [-0.4, -0.2) is 25.2 Å². The van der Waals surface area contributed by atoms with Crippen LogP contribution >= 0.6 is 7.37 Å². The third-order valence-electron chi connectivity index (χ3n) is 7.40. The van der Waals surface area contributed by atoms with Crippen molar-refractivity contribution >= 4 is 24.0 Å². The third kappa shape index (κ3) is 6.02. The van der Waals surface area contributed by atoms with Crippen LogP contribution in [0.5, 0.6) is 0 Å². The molecular formula is C30H40N3O2P. The van der Waals surface area contributed by atoms with Gasteiger partial charge in [0.1, 0.15) is 5.78 Å². The molecule has 192 valence electrons. The molecule has 0 radical (unpaired) electrons. The number of para-hydroxylation sites is 1. The minimum Gasteiger partial charge on any atom is -0.378 e. The van der Waals surface area contributed by atoms with Gasteiger partial charge in [-0.1, -0.05) is 51.5 Å². The molecule has 0 spiro atoms. The molecular weight excluding hydrogens is 465 g/mol. The Morgan fingerprint density at radius 2 is 1.72 bits per heavy atom. The molecule has 1 saturated carbocycles. The zero-order valence-electron chi connectivity index (χ0n) is 22.2. The molecule has 1 fully saturated rings. The summed E-state index contributed by atoms with van der Waals surface area (Å²) in [7, 11) is 0.561. The molecule has 1 aromatic heterocycles. The number of benzene rings is 2. The topological polar surface area (TPSA) is 54.5 Å². The van der Waals surface area contributed by atoms with Crippen LogP contribution in [0.4, 0.5) is 11.4 Å². The van der Waals surface area contributed by atoms with Crippen molar-refractivity contribution in [2.75, 3.05) is 24.3 Å². The predicted octanol–water partition coefficient (Wildman–Crippen LogP) is 7.34. The van der Waals surface area contributed by atoms with E-state index in [1.807, 2.05) is 85.7 Å². The minimum atomic E-state index is -3.46. The number of nitrogens with one attached hydrogen (secondary N) is 1. The lowest BCUT2D eigenvalue weighted by Crippen LogP contribution is -2.35. The molecule has 36 heavy (non-hydrogen) atoms. The summed E-state index contributed by atoms with van der Waals surface area (Å²) >= 11 is 0. The first-order valence-corrected chi connectivity index (χ1v) is 14.7. The number of rotatable bonds is 9. The van der Waals surface area contributed by atoms with Gasteiger partial charge < -0.3 is 14.7 Å². The van der Waals surface area contributed by atoms with E-state index in [1.165, 1.54) is 6.42 Å². The molecule has 1 N–H and O–H groups in total. The van der Waals surface area contributed by atoms with E-state index in [2.05, 4.69) is 31.1 Å². The van der Waals surface area contributed by atoms with E-state index in [0.717, 1.165) is 35.1 Å². The zero-order valence-corrected chi connectivity index (χ0v) is 23.1. The van der Waals surface area contributed by atoms with Gasteiger partial charge in [0.25, 0.3) is 7.37 Å². The first-order chi connectivity index (χ1) is 17.3. The van der Waals surface area contributed by atoms with Gasteiger partial charge >= 0.3 is 0 Å². The van der Waals surface area contributed by atoms with Gasteiger partial charge in [-0.05, 0) is 73.1 Å². The summed E-state index contributed by atoms with van der Waals surface area (Å²) in [6.45, 7) is 6.80. The van der Waals surface area contributed by atoms with Crippen molar-refractivity contribution in [3.05, 3.63) is 84.7 Å². The molecule has 0 aliphatic heterocycles. The van der Waals surface area contributed by atoms with Gasteiger partial charge in [-0.15, -0.1) is 0 Å². The Kier molecular flexibility index (Phi) is 8.54. The number of hydrogen-bond acceptors (Lipinski definition) is 5. The van der Waals surface area contributed by atoms with E-state index in [9.17, 15) is 0 Å². The van der Waals surface area contributed by atoms with Gasteiger partial charge in [0.15, 0.2) is 0 Å². The van der Waals surface area contributed by atoms with Crippen molar-refractivity contribution < 1.29 is 9.09 Å². The zero-order chi connectivity index (χ0) is 25.7. The van der Waals surface area contributed by atoms with Crippen LogP contribution in [0.2, 0.25) is 0 Å². The van der Waals surface area contributed by atoms with Crippen LogP contribution in [0.1, 0.15) is 51.4 Å². The standard InChI is InChI=1S/C30H40N3O2P/c1-22(2)28-18-13-23(3)20-29(28)35-36(34,27-16-14-26(15-17-27)33(4)5)30(24-10-9-19-31-21-24)32-25-11-7-6-8-12-25/h6-12,14-17,19,21-23,28-30,32H,13,18,20H2,1-5H3/t23-,28-,29+,30-,36-/m0/s1. The molecule has 1 aliphatic carbocycles. The van der Waals surface area contributed by atoms with Crippen LogP contribution in [-0.2, 0) is 9.09 Å². The fraction of sp³-hybridized carbons (Fsp3) is 0.433. The Morgan fingerprint density at radius 3 is 2.33 bits per heavy atom. The maximum atomic E-state index is 15.4. The van der Waals surface area contributed by atoms with Crippen molar-refractivity contribution in [2.45, 2.75) is 51.9 Å². The largest absolute Gasteiger partial charge is 0.378 e. The Balaban J connectivity index is 1.83. The van der Waals surface area contributed by atoms with Crippen molar-refractivity contribution in [2.24, 2.45) is 17.8 Å². The number of nitrogens with zero attached hydrogens (tertiary/aromatic N) is 2. The highest BCUT2D eigenvalue weighted by molar-refractivity contribution is 7.67. The smallest absolute Gasteiger partial charge is 0.258 e. The van der Waals surface area contributed by atoms with E-state index in [-0.39, 0.29) is 6.10 Å². The Hall–Kier alpha value is -2.62. The summed E-state index contributed by atoms with van der Waals surface area (Å²) in [6.07, 6.45) is 6.70. The van der Waals surface area contributed by atoms with Crippen molar-refractivity contribution in [1.82, 2.24) is 4.98 Å². The first-order valence-electron chi connectivity index (χ1n) is 13.1. The lowest BCUT2D eigenvalue weighted by atomic mass is 9.75. The Morgan fingerprint density at radius 1 is 1.00 bits per heavy atom. The van der Waals surface area contributed by atoms with E-state index in [4.69, 9.17) is 4.52 Å². The fourth-order valence-corrected chi connectivity index (χ4v) is 7.88. The van der Waals surface area contributed by atoms with Crippen molar-refractivity contribution in [3.63, 3.8) is 0 Å². The SMILES string of the molecule is CC(C)[C@@H]1CC[C@H](C)C[C@H]1O[P@@](=O)(c1ccc(N(C)C)cc1)[C@H](Nc1ccccc1)c1cccnc1. The van der Waals surface area contributed by atoms with E-state index >= 15 is 4.57 Å². The fourth-order valence-electron chi connectivity index (χ4n) is 5.26. The van der Waals surface area contributed by atoms with E-state index in [0.29, 0.717) is 17.8 Å². The number of pyridine rings is 1. The highest BCUT2D eigenvalue weighted by atomic mass is 31.2. The van der Waals surface area contributed by atoms with Gasteiger partial charge in [-0.25, -0.2) is 0 Å². The van der Waals surface area contributed by atoms with Crippen LogP contribution in [0, 0.1) is 17.8 Å². The molecule has 2 aromatic carbocycles. The molecule has 6 heteroatoms. The maximum Gasteiger partial charge on any atom is 0.258 e. The third-order valence-corrected chi connectivity index (χ3v) is 10.1. The van der Waals surface area contributed by atoms with Crippen LogP contribution in [0.15, 0.2) is 79.1 Å². The highest BCUT2D eigenvalue weighted by Gasteiger charge is 2.43. The van der Waals surface area contributed by atoms with Crippen LogP contribution in [0.3, 0.4) is 0 Å². The molecule has 5 atom stereocenters. The summed E-state index contributed by atoms with van der Waals surface area (Å²) in [5.41, 5.74) is 2.81. The molecule has 0 bridgehead atoms. The number of hydrogen-bond donors (Lipinski definition) is 1. The Bertz CT molecular complexity index is 1140. The average Bonchev–Trinajstić information content (AvgIpc) is 2.88. The normalized spacial score (nSPS) is 22.6. The van der Waals surface area contributed by atoms with Crippen molar-refractivity contribution in [3.8, 4) is 0 Å². The summed E-state index contributed by atoms with van der Waals surface area (Å²) < 4.78 is 22.4. The van der Waals surface area contributed by atoms with Gasteiger partial charge in [0.05, 0.1) is 6.10 Å². The second kappa shape index (κ2) is 11.6. The van der Waals surface area contributed by atoms with E-state index in [1.54, 1.807) is 12.4 Å². The minimum absolute atomic E-state index is 0.0650. The van der Waals surface area contributed by atoms with Gasteiger partial charge in [-0.3, -0.25) is 9.55 Å². The van der Waals surface area contributed by atoms with E-state index < -0.39 is 13.2 Å². The summed E-state index contributed by atoms with van der Waals surface area (Å²) in [6, 6.07) is 21.8. The Labute approximate surface area is 216 Å². The molecule has 0 unspecified atom stereocenters. The second-order valence-corrected chi connectivity index (χ2v) is 13.1. The molecule has 0 amide bonds. The molecule has 5 nitrogen and oxygen atoms in total. The number of aromatic nitrogens is 1. The molecule has 3 aromatic rings. The summed E-state index contributed by atoms with van der Waals surface area (Å²) in [4.78, 5) is 6.42. The summed E-state index contributed by atoms with van der Waals surface area (Å²) in [5.74, 6) is 0.824. The molecule has 1 heterocycles. The van der Waals surface area contributed by atoms with Crippen LogP contribution < -0.4 is 15.5 Å². The second-order valence-electron chi connectivity index (χ2n) is 10.7. The molecule has 1 aliphatic rings. The predicted molar refractivity (Wildman–Crippen MR) is 151 cm³/mol. The molecule has 4 rings (SSSR count). The lowest BCUT2D eigenvalue weighted by Gasteiger charge is -2.41. The monoisotopic (exact) mass is 505 g/mol. The lowest BCUT2D eigenvalue weighted by molar-refractivity contribution is 0.0488. The quantitative estimate of drug-likeness (QED) is 0.308. The maximum absolute atomic E-state index is 15.4. The summed E-state index contributed by atoms with van der Waals surface area (Å²) in [5, 5.41) is 4.31. The molecule has 0 saturated heterocycles. The average molecular weight is 506 g/mol. The van der Waals surface area contributed by atoms with Crippen molar-refractivity contribution in [1.29, 1.82) is 0 Å². The van der Waals surface area contributed by atoms with Gasteiger partial charge in [0.2, 0.25) is 0 Å². The number of anilines is 2. The van der Waals surface area contributed by atoms with Gasteiger partial charge in [-0.2, -0.15) is 0 Å². The van der Waals surface area contributed by atoms with Gasteiger partial charge in [0, 0.05) is 48.7 Å². The first kappa shape index (κ1) is 26.4. The van der Waals surface area contributed by atoms with Crippen LogP contribution in [0.25, 0.3) is 0 Å².